The third-order valence-corrected chi connectivity index (χ3v) is 2.04. The fourth-order valence-electron chi connectivity index (χ4n) is 1.26. The zero-order chi connectivity index (χ0) is 10.2. The van der Waals surface area contributed by atoms with Crippen molar-refractivity contribution in [3.05, 3.63) is 43.0 Å². The average molecular weight is 190 g/mol. The van der Waals surface area contributed by atoms with E-state index in [9.17, 15) is 0 Å². The SMILES string of the molecule is C=CCN(C)CCNc1ccccc1. The van der Waals surface area contributed by atoms with E-state index in [1.54, 1.807) is 0 Å². The third kappa shape index (κ3) is 4.10. The number of para-hydroxylation sites is 1. The van der Waals surface area contributed by atoms with Crippen LogP contribution < -0.4 is 5.32 Å². The number of nitrogens with one attached hydrogen (secondary N) is 1. The fraction of sp³-hybridized carbons (Fsp3) is 0.333. The van der Waals surface area contributed by atoms with Gasteiger partial charge in [0.15, 0.2) is 0 Å². The zero-order valence-corrected chi connectivity index (χ0v) is 8.74. The summed E-state index contributed by atoms with van der Waals surface area (Å²) in [6.45, 7) is 6.64. The van der Waals surface area contributed by atoms with E-state index in [1.165, 1.54) is 5.69 Å². The molecule has 0 unspecified atom stereocenters. The van der Waals surface area contributed by atoms with Gasteiger partial charge in [0.25, 0.3) is 0 Å². The lowest BCUT2D eigenvalue weighted by atomic mass is 10.3. The maximum atomic E-state index is 3.70. The number of anilines is 1. The van der Waals surface area contributed by atoms with Crippen molar-refractivity contribution in [2.45, 2.75) is 0 Å². The summed E-state index contributed by atoms with van der Waals surface area (Å²) in [7, 11) is 2.09. The monoisotopic (exact) mass is 190 g/mol. The summed E-state index contributed by atoms with van der Waals surface area (Å²) in [5.41, 5.74) is 1.18. The molecule has 0 saturated carbocycles. The molecule has 0 aromatic heterocycles. The molecule has 0 bridgehead atoms. The van der Waals surface area contributed by atoms with Gasteiger partial charge >= 0.3 is 0 Å². The van der Waals surface area contributed by atoms with Crippen LogP contribution in [0.5, 0.6) is 0 Å². The van der Waals surface area contributed by atoms with Crippen LogP contribution in [0.2, 0.25) is 0 Å². The molecule has 0 fully saturated rings. The molecule has 1 rings (SSSR count). The minimum atomic E-state index is 0.941. The fourth-order valence-corrected chi connectivity index (χ4v) is 1.26. The number of benzene rings is 1. The Labute approximate surface area is 86.2 Å². The van der Waals surface area contributed by atoms with Gasteiger partial charge in [-0.15, -0.1) is 6.58 Å². The van der Waals surface area contributed by atoms with Crippen molar-refractivity contribution in [2.24, 2.45) is 0 Å². The molecule has 0 aliphatic rings. The van der Waals surface area contributed by atoms with Crippen LogP contribution >= 0.6 is 0 Å². The minimum absolute atomic E-state index is 0.941. The van der Waals surface area contributed by atoms with Crippen molar-refractivity contribution < 1.29 is 0 Å². The van der Waals surface area contributed by atoms with E-state index in [2.05, 4.69) is 36.0 Å². The largest absolute Gasteiger partial charge is 0.384 e. The van der Waals surface area contributed by atoms with Crippen molar-refractivity contribution in [3.63, 3.8) is 0 Å². The van der Waals surface area contributed by atoms with Crippen molar-refractivity contribution in [3.8, 4) is 0 Å². The predicted octanol–water partition coefficient (Wildman–Crippen LogP) is 2.22. The summed E-state index contributed by atoms with van der Waals surface area (Å²) in [5.74, 6) is 0. The third-order valence-electron chi connectivity index (χ3n) is 2.04. The zero-order valence-electron chi connectivity index (χ0n) is 8.74. The number of likely N-dealkylation sites (N-methyl/N-ethyl adjacent to an activating group) is 1. The van der Waals surface area contributed by atoms with Gasteiger partial charge in [-0.2, -0.15) is 0 Å². The summed E-state index contributed by atoms with van der Waals surface area (Å²) in [6, 6.07) is 10.3. The molecule has 0 saturated heterocycles. The molecule has 1 aromatic carbocycles. The van der Waals surface area contributed by atoms with E-state index in [-0.39, 0.29) is 0 Å². The van der Waals surface area contributed by atoms with Crippen molar-refractivity contribution >= 4 is 5.69 Å². The smallest absolute Gasteiger partial charge is 0.0340 e. The van der Waals surface area contributed by atoms with Crippen LogP contribution in [0.15, 0.2) is 43.0 Å². The molecular formula is C12H18N2. The first kappa shape index (κ1) is 10.8. The van der Waals surface area contributed by atoms with Gasteiger partial charge < -0.3 is 10.2 Å². The summed E-state index contributed by atoms with van der Waals surface area (Å²) < 4.78 is 0. The van der Waals surface area contributed by atoms with E-state index >= 15 is 0 Å². The maximum Gasteiger partial charge on any atom is 0.0340 e. The molecule has 0 aliphatic heterocycles. The Kier molecular flexibility index (Phi) is 4.79. The van der Waals surface area contributed by atoms with Gasteiger partial charge in [0, 0.05) is 25.3 Å². The first-order valence-corrected chi connectivity index (χ1v) is 4.91. The normalized spacial score (nSPS) is 10.1. The number of hydrogen-bond acceptors (Lipinski definition) is 2. The predicted molar refractivity (Wildman–Crippen MR) is 62.6 cm³/mol. The molecular weight excluding hydrogens is 172 g/mol. The lowest BCUT2D eigenvalue weighted by molar-refractivity contribution is 0.385. The molecule has 0 amide bonds. The number of hydrogen-bond donors (Lipinski definition) is 1. The lowest BCUT2D eigenvalue weighted by Gasteiger charge is -2.14. The van der Waals surface area contributed by atoms with Crippen LogP contribution in [0.1, 0.15) is 0 Å². The maximum absolute atomic E-state index is 3.70. The number of nitrogens with zero attached hydrogens (tertiary/aromatic N) is 1. The van der Waals surface area contributed by atoms with Crippen LogP contribution in [0.4, 0.5) is 5.69 Å². The second kappa shape index (κ2) is 6.22. The summed E-state index contributed by atoms with van der Waals surface area (Å²) >= 11 is 0. The van der Waals surface area contributed by atoms with Crippen molar-refractivity contribution in [1.29, 1.82) is 0 Å². The van der Waals surface area contributed by atoms with Crippen LogP contribution in [0.25, 0.3) is 0 Å². The molecule has 0 atom stereocenters. The van der Waals surface area contributed by atoms with E-state index in [4.69, 9.17) is 0 Å². The van der Waals surface area contributed by atoms with Gasteiger partial charge in [0.2, 0.25) is 0 Å². The first-order valence-electron chi connectivity index (χ1n) is 4.91. The van der Waals surface area contributed by atoms with Gasteiger partial charge in [-0.05, 0) is 19.2 Å². The Morgan fingerprint density at radius 2 is 2.07 bits per heavy atom. The van der Waals surface area contributed by atoms with Gasteiger partial charge in [0.05, 0.1) is 0 Å². The Morgan fingerprint density at radius 1 is 1.36 bits per heavy atom. The van der Waals surface area contributed by atoms with Crippen molar-refractivity contribution in [2.75, 3.05) is 32.0 Å². The molecule has 2 heteroatoms. The van der Waals surface area contributed by atoms with E-state index < -0.39 is 0 Å². The Bertz CT molecular complexity index is 256. The Balaban J connectivity index is 2.18. The topological polar surface area (TPSA) is 15.3 Å². The van der Waals surface area contributed by atoms with Crippen LogP contribution in [-0.2, 0) is 0 Å². The molecule has 1 N–H and O–H groups in total. The average Bonchev–Trinajstić information content (AvgIpc) is 2.20. The highest BCUT2D eigenvalue weighted by molar-refractivity contribution is 5.42. The quantitative estimate of drug-likeness (QED) is 0.692. The van der Waals surface area contributed by atoms with Gasteiger partial charge in [0.1, 0.15) is 0 Å². The highest BCUT2D eigenvalue weighted by Crippen LogP contribution is 2.03. The molecule has 0 radical (unpaired) electrons. The molecule has 1 aromatic rings. The van der Waals surface area contributed by atoms with Gasteiger partial charge in [-0.3, -0.25) is 0 Å². The molecule has 14 heavy (non-hydrogen) atoms. The summed E-state index contributed by atoms with van der Waals surface area (Å²) in [4.78, 5) is 2.23. The molecule has 2 nitrogen and oxygen atoms in total. The van der Waals surface area contributed by atoms with E-state index in [0.29, 0.717) is 0 Å². The molecule has 0 aliphatic carbocycles. The number of rotatable bonds is 6. The van der Waals surface area contributed by atoms with Gasteiger partial charge in [-0.25, -0.2) is 0 Å². The first-order chi connectivity index (χ1) is 6.83. The molecule has 0 spiro atoms. The Morgan fingerprint density at radius 3 is 2.71 bits per heavy atom. The van der Waals surface area contributed by atoms with Crippen LogP contribution in [0.3, 0.4) is 0 Å². The second-order valence-electron chi connectivity index (χ2n) is 3.34. The van der Waals surface area contributed by atoms with Crippen molar-refractivity contribution in [1.82, 2.24) is 4.90 Å². The summed E-state index contributed by atoms with van der Waals surface area (Å²) in [6.07, 6.45) is 1.92. The second-order valence-corrected chi connectivity index (χ2v) is 3.34. The summed E-state index contributed by atoms with van der Waals surface area (Å²) in [5, 5.41) is 3.36. The Hall–Kier alpha value is -1.28. The molecule has 0 heterocycles. The van der Waals surface area contributed by atoms with E-state index in [1.807, 2.05) is 24.3 Å². The minimum Gasteiger partial charge on any atom is -0.384 e. The highest BCUT2D eigenvalue weighted by Gasteiger charge is 1.94. The lowest BCUT2D eigenvalue weighted by Crippen LogP contribution is -2.25. The van der Waals surface area contributed by atoms with Crippen LogP contribution in [0, 0.1) is 0 Å². The highest BCUT2D eigenvalue weighted by atomic mass is 15.1. The standard InChI is InChI=1S/C12H18N2/c1-3-10-14(2)11-9-13-12-7-5-4-6-8-12/h3-8,13H,1,9-11H2,2H3. The van der Waals surface area contributed by atoms with E-state index in [0.717, 1.165) is 19.6 Å². The molecule has 76 valence electrons. The van der Waals surface area contributed by atoms with Gasteiger partial charge in [-0.1, -0.05) is 24.3 Å². The van der Waals surface area contributed by atoms with Crippen LogP contribution in [-0.4, -0.2) is 31.6 Å².